The summed E-state index contributed by atoms with van der Waals surface area (Å²) in [5.41, 5.74) is 4.36. The second-order valence-corrected chi connectivity index (χ2v) is 8.49. The van der Waals surface area contributed by atoms with Crippen LogP contribution in [0.15, 0.2) is 48.5 Å². The number of aromatic carboxylic acids is 1. The molecule has 4 heteroatoms. The van der Waals surface area contributed by atoms with Gasteiger partial charge in [-0.3, -0.25) is 4.90 Å². The number of rotatable bonds is 7. The standard InChI is InChI=1S/C24H30N2O2/c1-17-2-6-20(7-3-17)22-14-23(22)25-15-18-10-12-26(13-11-18)16-19-4-8-21(9-5-19)24(27)28/h2-9,18,22-23,25H,10-16H2,1H3,(H,27,28). The van der Waals surface area contributed by atoms with Gasteiger partial charge in [0, 0.05) is 18.5 Å². The first kappa shape index (κ1) is 19.2. The predicted octanol–water partition coefficient (Wildman–Crippen LogP) is 4.05. The molecule has 1 saturated heterocycles. The van der Waals surface area contributed by atoms with Crippen LogP contribution in [0.4, 0.5) is 0 Å². The molecule has 4 rings (SSSR count). The van der Waals surface area contributed by atoms with E-state index in [0.29, 0.717) is 17.5 Å². The maximum Gasteiger partial charge on any atom is 0.335 e. The molecule has 0 aromatic heterocycles. The van der Waals surface area contributed by atoms with E-state index in [2.05, 4.69) is 41.4 Å². The Bertz CT molecular complexity index is 792. The monoisotopic (exact) mass is 378 g/mol. The number of nitrogens with zero attached hydrogens (tertiary/aromatic N) is 1. The van der Waals surface area contributed by atoms with Gasteiger partial charge in [0.1, 0.15) is 0 Å². The highest BCUT2D eigenvalue weighted by molar-refractivity contribution is 5.87. The highest BCUT2D eigenvalue weighted by Gasteiger charge is 2.38. The lowest BCUT2D eigenvalue weighted by molar-refractivity contribution is 0.0697. The lowest BCUT2D eigenvalue weighted by atomic mass is 9.96. The van der Waals surface area contributed by atoms with Crippen molar-refractivity contribution in [3.8, 4) is 0 Å². The molecule has 2 unspecified atom stereocenters. The van der Waals surface area contributed by atoms with E-state index in [9.17, 15) is 4.79 Å². The van der Waals surface area contributed by atoms with E-state index in [1.807, 2.05) is 12.1 Å². The van der Waals surface area contributed by atoms with Gasteiger partial charge in [-0.05, 0) is 75.0 Å². The third kappa shape index (κ3) is 4.81. The number of carbonyl (C=O) groups is 1. The zero-order chi connectivity index (χ0) is 19.5. The topological polar surface area (TPSA) is 52.6 Å². The number of carboxylic acid groups (broad SMARTS) is 1. The van der Waals surface area contributed by atoms with Crippen LogP contribution in [0.5, 0.6) is 0 Å². The molecule has 2 fully saturated rings. The Morgan fingerprint density at radius 3 is 2.39 bits per heavy atom. The Kier molecular flexibility index (Phi) is 5.79. The Morgan fingerprint density at radius 1 is 1.07 bits per heavy atom. The zero-order valence-corrected chi connectivity index (χ0v) is 16.6. The summed E-state index contributed by atoms with van der Waals surface area (Å²) in [6, 6.07) is 16.9. The molecule has 1 aliphatic carbocycles. The Labute approximate surface area is 167 Å². The summed E-state index contributed by atoms with van der Waals surface area (Å²) in [4.78, 5) is 13.4. The van der Waals surface area contributed by atoms with Crippen LogP contribution in [0, 0.1) is 12.8 Å². The molecule has 2 aliphatic rings. The third-order valence-electron chi connectivity index (χ3n) is 6.28. The molecule has 2 N–H and O–H groups in total. The second-order valence-electron chi connectivity index (χ2n) is 8.49. The number of carboxylic acids is 1. The van der Waals surface area contributed by atoms with E-state index in [-0.39, 0.29) is 0 Å². The van der Waals surface area contributed by atoms with Crippen LogP contribution < -0.4 is 5.32 Å². The van der Waals surface area contributed by atoms with Gasteiger partial charge in [0.15, 0.2) is 0 Å². The quantitative estimate of drug-likeness (QED) is 0.763. The second kappa shape index (κ2) is 8.46. The van der Waals surface area contributed by atoms with Crippen molar-refractivity contribution < 1.29 is 9.90 Å². The zero-order valence-electron chi connectivity index (χ0n) is 16.6. The number of hydrogen-bond donors (Lipinski definition) is 2. The highest BCUT2D eigenvalue weighted by Crippen LogP contribution is 2.41. The lowest BCUT2D eigenvalue weighted by Crippen LogP contribution is -2.37. The Morgan fingerprint density at radius 2 is 1.75 bits per heavy atom. The molecule has 0 bridgehead atoms. The molecule has 148 valence electrons. The van der Waals surface area contributed by atoms with E-state index in [4.69, 9.17) is 5.11 Å². The minimum atomic E-state index is -0.861. The average Bonchev–Trinajstić information content (AvgIpc) is 3.48. The normalized spacial score (nSPS) is 22.9. The molecule has 2 aromatic rings. The molecular weight excluding hydrogens is 348 g/mol. The number of aryl methyl sites for hydroxylation is 1. The molecule has 1 heterocycles. The van der Waals surface area contributed by atoms with Gasteiger partial charge in [0.2, 0.25) is 0 Å². The Balaban J connectivity index is 1.17. The first-order valence-corrected chi connectivity index (χ1v) is 10.4. The van der Waals surface area contributed by atoms with Crippen molar-refractivity contribution in [2.75, 3.05) is 19.6 Å². The van der Waals surface area contributed by atoms with Crippen molar-refractivity contribution in [2.45, 2.75) is 44.7 Å². The molecule has 1 aliphatic heterocycles. The summed E-state index contributed by atoms with van der Waals surface area (Å²) in [5, 5.41) is 12.8. The van der Waals surface area contributed by atoms with Crippen molar-refractivity contribution in [2.24, 2.45) is 5.92 Å². The van der Waals surface area contributed by atoms with Crippen molar-refractivity contribution in [3.63, 3.8) is 0 Å². The average molecular weight is 379 g/mol. The molecule has 0 spiro atoms. The van der Waals surface area contributed by atoms with Gasteiger partial charge >= 0.3 is 5.97 Å². The van der Waals surface area contributed by atoms with Gasteiger partial charge in [-0.15, -0.1) is 0 Å². The minimum Gasteiger partial charge on any atom is -0.478 e. The summed E-state index contributed by atoms with van der Waals surface area (Å²) in [5.74, 6) is 0.611. The fraction of sp³-hybridized carbons (Fsp3) is 0.458. The van der Waals surface area contributed by atoms with Gasteiger partial charge in [0.05, 0.1) is 5.56 Å². The van der Waals surface area contributed by atoms with Crippen LogP contribution in [0.1, 0.15) is 52.2 Å². The summed E-state index contributed by atoms with van der Waals surface area (Å²) in [7, 11) is 0. The van der Waals surface area contributed by atoms with Crippen LogP contribution >= 0.6 is 0 Å². The molecule has 2 atom stereocenters. The summed E-state index contributed by atoms with van der Waals surface area (Å²) < 4.78 is 0. The first-order valence-electron chi connectivity index (χ1n) is 10.4. The van der Waals surface area contributed by atoms with E-state index >= 15 is 0 Å². The SMILES string of the molecule is Cc1ccc(C2CC2NCC2CCN(Cc3ccc(C(=O)O)cc3)CC2)cc1. The van der Waals surface area contributed by atoms with Gasteiger partial charge in [-0.25, -0.2) is 4.79 Å². The van der Waals surface area contributed by atoms with Crippen LogP contribution in [-0.4, -0.2) is 41.7 Å². The molecule has 28 heavy (non-hydrogen) atoms. The largest absolute Gasteiger partial charge is 0.478 e. The van der Waals surface area contributed by atoms with Gasteiger partial charge < -0.3 is 10.4 Å². The van der Waals surface area contributed by atoms with Crippen molar-refractivity contribution in [3.05, 3.63) is 70.8 Å². The lowest BCUT2D eigenvalue weighted by Gasteiger charge is -2.32. The predicted molar refractivity (Wildman–Crippen MR) is 112 cm³/mol. The first-order chi connectivity index (χ1) is 13.6. The molecule has 0 radical (unpaired) electrons. The molecule has 0 amide bonds. The van der Waals surface area contributed by atoms with Crippen LogP contribution in [-0.2, 0) is 6.54 Å². The molecule has 4 nitrogen and oxygen atoms in total. The van der Waals surface area contributed by atoms with Gasteiger partial charge in [0.25, 0.3) is 0 Å². The van der Waals surface area contributed by atoms with Gasteiger partial charge in [-0.2, -0.15) is 0 Å². The summed E-state index contributed by atoms with van der Waals surface area (Å²) >= 11 is 0. The van der Waals surface area contributed by atoms with Crippen LogP contribution in [0.25, 0.3) is 0 Å². The van der Waals surface area contributed by atoms with E-state index in [1.165, 1.54) is 36.0 Å². The number of benzene rings is 2. The smallest absolute Gasteiger partial charge is 0.335 e. The number of nitrogens with one attached hydrogen (secondary N) is 1. The van der Waals surface area contributed by atoms with E-state index < -0.39 is 5.97 Å². The number of piperidine rings is 1. The van der Waals surface area contributed by atoms with Crippen molar-refractivity contribution >= 4 is 5.97 Å². The maximum atomic E-state index is 11.0. The molecule has 2 aromatic carbocycles. The van der Waals surface area contributed by atoms with E-state index in [0.717, 1.165) is 32.1 Å². The van der Waals surface area contributed by atoms with Crippen LogP contribution in [0.2, 0.25) is 0 Å². The number of likely N-dealkylation sites (tertiary alicyclic amines) is 1. The molecule has 1 saturated carbocycles. The Hall–Kier alpha value is -2.17. The summed E-state index contributed by atoms with van der Waals surface area (Å²) in [6.07, 6.45) is 3.75. The van der Waals surface area contributed by atoms with Crippen molar-refractivity contribution in [1.29, 1.82) is 0 Å². The fourth-order valence-corrected chi connectivity index (χ4v) is 4.28. The van der Waals surface area contributed by atoms with E-state index in [1.54, 1.807) is 12.1 Å². The fourth-order valence-electron chi connectivity index (χ4n) is 4.28. The van der Waals surface area contributed by atoms with Crippen molar-refractivity contribution in [1.82, 2.24) is 10.2 Å². The molecular formula is C24H30N2O2. The minimum absolute atomic E-state index is 0.359. The number of hydrogen-bond acceptors (Lipinski definition) is 3. The third-order valence-corrected chi connectivity index (χ3v) is 6.28. The van der Waals surface area contributed by atoms with Gasteiger partial charge in [-0.1, -0.05) is 42.0 Å². The summed E-state index contributed by atoms with van der Waals surface area (Å²) in [6.45, 7) is 6.44. The maximum absolute atomic E-state index is 11.0. The highest BCUT2D eigenvalue weighted by atomic mass is 16.4. The van der Waals surface area contributed by atoms with Crippen LogP contribution in [0.3, 0.4) is 0 Å².